The number of ether oxygens (including phenoxy) is 1. The maximum absolute atomic E-state index is 5.81. The topological polar surface area (TPSA) is 51.4 Å². The second-order valence-electron chi connectivity index (χ2n) is 5.53. The minimum atomic E-state index is 0.349. The van der Waals surface area contributed by atoms with E-state index in [1.165, 1.54) is 17.0 Å². The summed E-state index contributed by atoms with van der Waals surface area (Å²) in [6.07, 6.45) is 4.09. The summed E-state index contributed by atoms with van der Waals surface area (Å²) < 4.78 is 5.81. The number of anilines is 1. The van der Waals surface area contributed by atoms with Crippen LogP contribution in [0.15, 0.2) is 0 Å². The number of fused-ring (bicyclic) bond motifs is 1. The van der Waals surface area contributed by atoms with Crippen LogP contribution in [0.1, 0.15) is 30.8 Å². The van der Waals surface area contributed by atoms with Gasteiger partial charge in [-0.3, -0.25) is 4.90 Å². The first-order chi connectivity index (χ1) is 8.61. The van der Waals surface area contributed by atoms with Crippen molar-refractivity contribution < 1.29 is 4.74 Å². The van der Waals surface area contributed by atoms with E-state index in [1.807, 2.05) is 0 Å². The Balaban J connectivity index is 1.71. The van der Waals surface area contributed by atoms with Crippen LogP contribution in [0.5, 0.6) is 0 Å². The van der Waals surface area contributed by atoms with Crippen LogP contribution < -0.4 is 5.73 Å². The third-order valence-electron chi connectivity index (χ3n) is 3.89. The van der Waals surface area contributed by atoms with Crippen molar-refractivity contribution in [3.8, 4) is 0 Å². The van der Waals surface area contributed by atoms with Crippen LogP contribution in [-0.4, -0.2) is 41.2 Å². The van der Waals surface area contributed by atoms with E-state index in [0.717, 1.165) is 31.1 Å². The number of nitrogen functional groups attached to an aromatic ring is 1. The summed E-state index contributed by atoms with van der Waals surface area (Å²) in [6.45, 7) is 6.44. The standard InChI is InChI=1S/C13H21N3OS/c1-8-6-16(7-9(2)17-8)10-3-4-11-12(5-10)18-13(14)15-11/h8-10H,3-7H2,1-2H3,(H2,14,15). The van der Waals surface area contributed by atoms with Crippen molar-refractivity contribution in [3.05, 3.63) is 10.6 Å². The predicted molar refractivity (Wildman–Crippen MR) is 73.9 cm³/mol. The molecule has 3 atom stereocenters. The van der Waals surface area contributed by atoms with E-state index < -0.39 is 0 Å². The molecular weight excluding hydrogens is 246 g/mol. The molecule has 2 N–H and O–H groups in total. The van der Waals surface area contributed by atoms with Crippen molar-refractivity contribution in [3.63, 3.8) is 0 Å². The van der Waals surface area contributed by atoms with Gasteiger partial charge in [-0.1, -0.05) is 0 Å². The van der Waals surface area contributed by atoms with Crippen LogP contribution in [0.3, 0.4) is 0 Å². The fraction of sp³-hybridized carbons (Fsp3) is 0.769. The van der Waals surface area contributed by atoms with E-state index in [1.54, 1.807) is 11.3 Å². The van der Waals surface area contributed by atoms with Gasteiger partial charge < -0.3 is 10.5 Å². The molecule has 1 aliphatic heterocycles. The highest BCUT2D eigenvalue weighted by Gasteiger charge is 2.31. The van der Waals surface area contributed by atoms with Gasteiger partial charge in [0.25, 0.3) is 0 Å². The maximum Gasteiger partial charge on any atom is 0.180 e. The molecule has 1 aliphatic carbocycles. The van der Waals surface area contributed by atoms with Gasteiger partial charge in [-0.05, 0) is 33.1 Å². The van der Waals surface area contributed by atoms with Crippen LogP contribution in [0.2, 0.25) is 0 Å². The zero-order chi connectivity index (χ0) is 12.7. The van der Waals surface area contributed by atoms with E-state index in [-0.39, 0.29) is 0 Å². The summed E-state index contributed by atoms with van der Waals surface area (Å²) in [5.41, 5.74) is 7.04. The molecule has 1 aromatic rings. The van der Waals surface area contributed by atoms with Crippen molar-refractivity contribution in [1.29, 1.82) is 0 Å². The molecule has 4 nitrogen and oxygen atoms in total. The van der Waals surface area contributed by atoms with Gasteiger partial charge in [0.05, 0.1) is 17.9 Å². The molecule has 2 aliphatic rings. The Morgan fingerprint density at radius 2 is 2.06 bits per heavy atom. The lowest BCUT2D eigenvalue weighted by Gasteiger charge is -2.41. The van der Waals surface area contributed by atoms with Gasteiger partial charge in [0, 0.05) is 24.0 Å². The quantitative estimate of drug-likeness (QED) is 0.841. The van der Waals surface area contributed by atoms with Gasteiger partial charge >= 0.3 is 0 Å². The Morgan fingerprint density at radius 1 is 1.33 bits per heavy atom. The molecule has 1 aromatic heterocycles. The second-order valence-corrected chi connectivity index (χ2v) is 6.65. The molecule has 5 heteroatoms. The molecule has 18 heavy (non-hydrogen) atoms. The Labute approximate surface area is 112 Å². The van der Waals surface area contributed by atoms with Crippen LogP contribution in [0.25, 0.3) is 0 Å². The Hall–Kier alpha value is -0.650. The van der Waals surface area contributed by atoms with E-state index in [4.69, 9.17) is 10.5 Å². The van der Waals surface area contributed by atoms with Crippen molar-refractivity contribution in [2.45, 2.75) is 51.4 Å². The Morgan fingerprint density at radius 3 is 2.78 bits per heavy atom. The molecule has 2 heterocycles. The minimum absolute atomic E-state index is 0.349. The highest BCUT2D eigenvalue weighted by Crippen LogP contribution is 2.31. The largest absolute Gasteiger partial charge is 0.375 e. The molecule has 0 bridgehead atoms. The molecule has 0 spiro atoms. The summed E-state index contributed by atoms with van der Waals surface area (Å²) in [6, 6.07) is 0.645. The average Bonchev–Trinajstić information content (AvgIpc) is 2.66. The summed E-state index contributed by atoms with van der Waals surface area (Å²) in [4.78, 5) is 8.41. The van der Waals surface area contributed by atoms with Crippen LogP contribution in [0, 0.1) is 0 Å². The van der Waals surface area contributed by atoms with Gasteiger partial charge in [0.15, 0.2) is 5.13 Å². The highest BCUT2D eigenvalue weighted by molar-refractivity contribution is 7.15. The van der Waals surface area contributed by atoms with Gasteiger partial charge in [0.2, 0.25) is 0 Å². The van der Waals surface area contributed by atoms with Crippen LogP contribution >= 0.6 is 11.3 Å². The van der Waals surface area contributed by atoms with Crippen molar-refractivity contribution in [2.24, 2.45) is 0 Å². The molecule has 0 saturated carbocycles. The number of nitrogens with two attached hydrogens (primary N) is 1. The first-order valence-corrected chi connectivity index (χ1v) is 7.57. The molecular formula is C13H21N3OS. The molecule has 100 valence electrons. The van der Waals surface area contributed by atoms with Gasteiger partial charge in [-0.25, -0.2) is 4.98 Å². The van der Waals surface area contributed by atoms with Crippen LogP contribution in [-0.2, 0) is 17.6 Å². The number of thiazole rings is 1. The minimum Gasteiger partial charge on any atom is -0.375 e. The van der Waals surface area contributed by atoms with Gasteiger partial charge in [-0.15, -0.1) is 11.3 Å². The summed E-state index contributed by atoms with van der Waals surface area (Å²) in [5.74, 6) is 0. The number of aromatic nitrogens is 1. The second kappa shape index (κ2) is 4.79. The van der Waals surface area contributed by atoms with E-state index in [0.29, 0.717) is 18.2 Å². The lowest BCUT2D eigenvalue weighted by Crippen LogP contribution is -2.51. The lowest BCUT2D eigenvalue weighted by atomic mass is 9.95. The maximum atomic E-state index is 5.81. The molecule has 0 aromatic carbocycles. The number of hydrogen-bond donors (Lipinski definition) is 1. The first kappa shape index (κ1) is 12.4. The predicted octanol–water partition coefficient (Wildman–Crippen LogP) is 1.69. The fourth-order valence-corrected chi connectivity index (χ4v) is 4.15. The van der Waals surface area contributed by atoms with Crippen molar-refractivity contribution >= 4 is 16.5 Å². The van der Waals surface area contributed by atoms with E-state index >= 15 is 0 Å². The van der Waals surface area contributed by atoms with Crippen LogP contribution in [0.4, 0.5) is 5.13 Å². The lowest BCUT2D eigenvalue weighted by molar-refractivity contribution is -0.0815. The number of morpholine rings is 1. The number of aryl methyl sites for hydroxylation is 1. The molecule has 3 unspecified atom stereocenters. The third kappa shape index (κ3) is 2.39. The normalized spacial score (nSPS) is 33.3. The molecule has 1 fully saturated rings. The van der Waals surface area contributed by atoms with Gasteiger partial charge in [0.1, 0.15) is 0 Å². The molecule has 1 saturated heterocycles. The first-order valence-electron chi connectivity index (χ1n) is 6.75. The smallest absolute Gasteiger partial charge is 0.180 e. The monoisotopic (exact) mass is 267 g/mol. The summed E-state index contributed by atoms with van der Waals surface area (Å²) in [5, 5.41) is 0.726. The average molecular weight is 267 g/mol. The van der Waals surface area contributed by atoms with Crippen molar-refractivity contribution in [1.82, 2.24) is 9.88 Å². The third-order valence-corrected chi connectivity index (χ3v) is 4.84. The zero-order valence-corrected chi connectivity index (χ0v) is 11.9. The number of hydrogen-bond acceptors (Lipinski definition) is 5. The molecule has 0 amide bonds. The Kier molecular flexibility index (Phi) is 3.30. The van der Waals surface area contributed by atoms with E-state index in [2.05, 4.69) is 23.7 Å². The van der Waals surface area contributed by atoms with E-state index in [9.17, 15) is 0 Å². The number of rotatable bonds is 1. The van der Waals surface area contributed by atoms with Crippen molar-refractivity contribution in [2.75, 3.05) is 18.8 Å². The molecule has 0 radical (unpaired) electrons. The summed E-state index contributed by atoms with van der Waals surface area (Å²) in [7, 11) is 0. The molecule has 3 rings (SSSR count). The summed E-state index contributed by atoms with van der Waals surface area (Å²) >= 11 is 1.67. The zero-order valence-electron chi connectivity index (χ0n) is 11.1. The van der Waals surface area contributed by atoms with Gasteiger partial charge in [-0.2, -0.15) is 0 Å². The highest BCUT2D eigenvalue weighted by atomic mass is 32.1. The SMILES string of the molecule is CC1CN(C2CCc3nc(N)sc3C2)CC(C)O1. The fourth-order valence-electron chi connectivity index (χ4n) is 3.21. The Bertz CT molecular complexity index is 424. The number of nitrogens with zero attached hydrogens (tertiary/aromatic N) is 2.